The number of benzene rings is 1. The van der Waals surface area contributed by atoms with Crippen LogP contribution in [0.15, 0.2) is 24.3 Å². The molecule has 1 aliphatic heterocycles. The van der Waals surface area contributed by atoms with Gasteiger partial charge in [-0.25, -0.2) is 4.79 Å². The van der Waals surface area contributed by atoms with Crippen LogP contribution in [-0.2, 0) is 14.3 Å². The van der Waals surface area contributed by atoms with Gasteiger partial charge in [0.25, 0.3) is 5.91 Å². The molecule has 0 aromatic heterocycles. The minimum atomic E-state index is -0.833. The molecule has 2 rings (SSSR count). The predicted molar refractivity (Wildman–Crippen MR) is 90.6 cm³/mol. The van der Waals surface area contributed by atoms with Gasteiger partial charge in [-0.15, -0.1) is 0 Å². The Bertz CT molecular complexity index is 673. The number of nitrogens with one attached hydrogen (secondary N) is 1. The largest absolute Gasteiger partial charge is 0.449 e. The van der Waals surface area contributed by atoms with Crippen molar-refractivity contribution in [2.45, 2.75) is 38.7 Å². The van der Waals surface area contributed by atoms with Crippen LogP contribution in [0.5, 0.6) is 0 Å². The summed E-state index contributed by atoms with van der Waals surface area (Å²) in [6.07, 6.45) is 2.01. The number of amides is 2. The number of ether oxygens (including phenoxy) is 1. The summed E-state index contributed by atoms with van der Waals surface area (Å²) in [7, 11) is 0. The van der Waals surface area contributed by atoms with Gasteiger partial charge in [0.05, 0.1) is 11.6 Å². The van der Waals surface area contributed by atoms with Gasteiger partial charge in [0.1, 0.15) is 6.42 Å². The van der Waals surface area contributed by atoms with Gasteiger partial charge in [-0.2, -0.15) is 5.26 Å². The first-order valence-electron chi connectivity index (χ1n) is 8.28. The summed E-state index contributed by atoms with van der Waals surface area (Å²) < 4.78 is 5.25. The van der Waals surface area contributed by atoms with E-state index in [4.69, 9.17) is 10.00 Å². The second kappa shape index (κ2) is 8.83. The van der Waals surface area contributed by atoms with Crippen molar-refractivity contribution in [2.24, 2.45) is 0 Å². The predicted octanol–water partition coefficient (Wildman–Crippen LogP) is 2.10. The summed E-state index contributed by atoms with van der Waals surface area (Å²) in [5.74, 6) is -1.18. The second-order valence-corrected chi connectivity index (χ2v) is 5.89. The Hall–Kier alpha value is -2.88. The first-order chi connectivity index (χ1) is 12.0. The molecule has 0 spiro atoms. The van der Waals surface area contributed by atoms with E-state index in [0.29, 0.717) is 18.8 Å². The maximum Gasteiger partial charge on any atom is 0.338 e. The van der Waals surface area contributed by atoms with E-state index in [-0.39, 0.29) is 17.9 Å². The number of carbonyl (C=O) groups excluding carboxylic acids is 3. The van der Waals surface area contributed by atoms with Gasteiger partial charge < -0.3 is 15.0 Å². The molecule has 1 fully saturated rings. The summed E-state index contributed by atoms with van der Waals surface area (Å²) >= 11 is 0. The van der Waals surface area contributed by atoms with E-state index in [1.165, 1.54) is 12.1 Å². The van der Waals surface area contributed by atoms with Crippen LogP contribution in [0.25, 0.3) is 0 Å². The van der Waals surface area contributed by atoms with Crippen LogP contribution in [0.3, 0.4) is 0 Å². The first kappa shape index (κ1) is 18.5. The number of hydrogen-bond donors (Lipinski definition) is 1. The Morgan fingerprint density at radius 1 is 1.20 bits per heavy atom. The Morgan fingerprint density at radius 3 is 2.44 bits per heavy atom. The highest BCUT2D eigenvalue weighted by molar-refractivity contribution is 5.94. The van der Waals surface area contributed by atoms with Crippen LogP contribution in [0, 0.1) is 11.3 Å². The van der Waals surface area contributed by atoms with Crippen LogP contribution >= 0.6 is 0 Å². The minimum absolute atomic E-state index is 0.173. The first-order valence-corrected chi connectivity index (χ1v) is 8.28. The lowest BCUT2D eigenvalue weighted by Gasteiger charge is -2.28. The summed E-state index contributed by atoms with van der Waals surface area (Å²) in [4.78, 5) is 37.5. The van der Waals surface area contributed by atoms with Crippen molar-refractivity contribution in [1.82, 2.24) is 4.90 Å². The lowest BCUT2D eigenvalue weighted by molar-refractivity contribution is -0.140. The van der Waals surface area contributed by atoms with Crippen molar-refractivity contribution < 1.29 is 19.1 Å². The number of piperidine rings is 1. The van der Waals surface area contributed by atoms with Gasteiger partial charge in [-0.05, 0) is 50.5 Å². The monoisotopic (exact) mass is 343 g/mol. The summed E-state index contributed by atoms with van der Waals surface area (Å²) in [5.41, 5.74) is 0.769. The fourth-order valence-electron chi connectivity index (χ4n) is 2.62. The molecule has 1 aromatic rings. The van der Waals surface area contributed by atoms with Gasteiger partial charge in [-0.3, -0.25) is 9.59 Å². The van der Waals surface area contributed by atoms with Crippen molar-refractivity contribution in [3.63, 3.8) is 0 Å². The molecule has 25 heavy (non-hydrogen) atoms. The number of likely N-dealkylation sites (tertiary alicyclic amines) is 1. The summed E-state index contributed by atoms with van der Waals surface area (Å²) in [6.45, 7) is 2.99. The Labute approximate surface area is 146 Å². The number of esters is 1. The second-order valence-electron chi connectivity index (χ2n) is 5.89. The zero-order valence-electron chi connectivity index (χ0n) is 14.2. The maximum atomic E-state index is 12.3. The quantitative estimate of drug-likeness (QED) is 0.825. The Kier molecular flexibility index (Phi) is 6.52. The minimum Gasteiger partial charge on any atom is -0.449 e. The average molecular weight is 343 g/mol. The maximum absolute atomic E-state index is 12.3. The smallest absolute Gasteiger partial charge is 0.338 e. The van der Waals surface area contributed by atoms with Gasteiger partial charge >= 0.3 is 5.97 Å². The molecule has 7 heteroatoms. The Morgan fingerprint density at radius 2 is 1.84 bits per heavy atom. The highest BCUT2D eigenvalue weighted by Gasteiger charge is 2.25. The molecule has 0 aliphatic carbocycles. The molecule has 132 valence electrons. The van der Waals surface area contributed by atoms with Crippen molar-refractivity contribution in [1.29, 1.82) is 5.26 Å². The normalized spacial score (nSPS) is 15.0. The van der Waals surface area contributed by atoms with Crippen molar-refractivity contribution in [2.75, 3.05) is 18.4 Å². The highest BCUT2D eigenvalue weighted by atomic mass is 16.5. The van der Waals surface area contributed by atoms with Crippen molar-refractivity contribution in [3.8, 4) is 6.07 Å². The molecule has 0 saturated carbocycles. The molecular weight excluding hydrogens is 322 g/mol. The third kappa shape index (κ3) is 5.31. The number of carbonyl (C=O) groups is 3. The van der Waals surface area contributed by atoms with E-state index in [1.54, 1.807) is 30.0 Å². The summed E-state index contributed by atoms with van der Waals surface area (Å²) in [6, 6.07) is 7.85. The fourth-order valence-corrected chi connectivity index (χ4v) is 2.62. The molecule has 1 atom stereocenters. The molecule has 7 nitrogen and oxygen atoms in total. The molecule has 1 aromatic carbocycles. The summed E-state index contributed by atoms with van der Waals surface area (Å²) in [5, 5.41) is 11.0. The zero-order valence-corrected chi connectivity index (χ0v) is 14.2. The van der Waals surface area contributed by atoms with Crippen molar-refractivity contribution in [3.05, 3.63) is 29.8 Å². The van der Waals surface area contributed by atoms with Gasteiger partial charge in [0.2, 0.25) is 5.91 Å². The SMILES string of the molecule is C[C@H](OC(=O)c1ccc(NC(=O)CC#N)cc1)C(=O)N1CCCCC1. The molecule has 0 unspecified atom stereocenters. The van der Waals surface area contributed by atoms with Crippen LogP contribution in [0.2, 0.25) is 0 Å². The van der Waals surface area contributed by atoms with Gasteiger partial charge in [0.15, 0.2) is 6.10 Å². The lowest BCUT2D eigenvalue weighted by atomic mass is 10.1. The van der Waals surface area contributed by atoms with E-state index >= 15 is 0 Å². The van der Waals surface area contributed by atoms with E-state index < -0.39 is 18.0 Å². The van der Waals surface area contributed by atoms with Crippen molar-refractivity contribution >= 4 is 23.5 Å². The standard InChI is InChI=1S/C18H21N3O4/c1-13(17(23)21-11-3-2-4-12-21)25-18(24)14-5-7-15(8-6-14)20-16(22)9-10-19/h5-8,13H,2-4,9,11-12H2,1H3,(H,20,22)/t13-/m0/s1. The molecule has 1 N–H and O–H groups in total. The third-order valence-electron chi connectivity index (χ3n) is 3.94. The number of hydrogen-bond acceptors (Lipinski definition) is 5. The van der Waals surface area contributed by atoms with Gasteiger partial charge in [-0.1, -0.05) is 0 Å². The molecule has 0 bridgehead atoms. The topological polar surface area (TPSA) is 99.5 Å². The van der Waals surface area contributed by atoms with Crippen LogP contribution in [0.4, 0.5) is 5.69 Å². The third-order valence-corrected chi connectivity index (χ3v) is 3.94. The highest BCUT2D eigenvalue weighted by Crippen LogP contribution is 2.14. The van der Waals surface area contributed by atoms with E-state index in [9.17, 15) is 14.4 Å². The van der Waals surface area contributed by atoms with E-state index in [0.717, 1.165) is 19.3 Å². The number of nitriles is 1. The number of anilines is 1. The average Bonchev–Trinajstić information content (AvgIpc) is 2.62. The molecule has 2 amide bonds. The molecule has 1 heterocycles. The van der Waals surface area contributed by atoms with Gasteiger partial charge in [0, 0.05) is 18.8 Å². The lowest BCUT2D eigenvalue weighted by Crippen LogP contribution is -2.42. The van der Waals surface area contributed by atoms with Crippen LogP contribution in [-0.4, -0.2) is 41.9 Å². The van der Waals surface area contributed by atoms with Crippen LogP contribution in [0.1, 0.15) is 43.0 Å². The Balaban J connectivity index is 1.90. The van der Waals surface area contributed by atoms with E-state index in [2.05, 4.69) is 5.32 Å². The number of rotatable bonds is 5. The molecule has 1 aliphatic rings. The molecular formula is C18H21N3O4. The molecule has 0 radical (unpaired) electrons. The molecule has 1 saturated heterocycles. The van der Waals surface area contributed by atoms with E-state index in [1.807, 2.05) is 0 Å². The fraction of sp³-hybridized carbons (Fsp3) is 0.444. The number of nitrogens with zero attached hydrogens (tertiary/aromatic N) is 2. The van der Waals surface area contributed by atoms with Crippen LogP contribution < -0.4 is 5.32 Å². The zero-order chi connectivity index (χ0) is 18.2.